The molecule has 2 N–H and O–H groups in total. The maximum absolute atomic E-state index is 12.1. The van der Waals surface area contributed by atoms with Gasteiger partial charge in [-0.25, -0.2) is 9.78 Å². The normalized spacial score (nSPS) is 10.1. The van der Waals surface area contributed by atoms with E-state index in [0.717, 1.165) is 6.33 Å². The highest BCUT2D eigenvalue weighted by molar-refractivity contribution is 6.03. The van der Waals surface area contributed by atoms with Crippen LogP contribution >= 0.6 is 0 Å². The number of rotatable bonds is 5. The number of carboxylic acid groups (broad SMARTS) is 1. The molecule has 1 heterocycles. The van der Waals surface area contributed by atoms with Crippen molar-refractivity contribution in [3.8, 4) is 0 Å². The Morgan fingerprint density at radius 3 is 2.47 bits per heavy atom. The van der Waals surface area contributed by atoms with Crippen LogP contribution in [0.1, 0.15) is 27.9 Å². The first kappa shape index (κ1) is 14.7. The molecule has 19 heavy (non-hydrogen) atoms. The van der Waals surface area contributed by atoms with Crippen LogP contribution in [0.25, 0.3) is 0 Å². The molecule has 104 valence electrons. The number of carbonyl (C=O) groups excluding carboxylic acids is 2. The number of imidazole rings is 1. The van der Waals surface area contributed by atoms with E-state index in [-0.39, 0.29) is 30.4 Å². The summed E-state index contributed by atoms with van der Waals surface area (Å²) in [6.45, 7) is 1.87. The molecule has 0 spiro atoms. The second-order valence-electron chi connectivity index (χ2n) is 4.04. The average molecular weight is 268 g/mol. The summed E-state index contributed by atoms with van der Waals surface area (Å²) in [6.07, 6.45) is 1.14. The topological polar surface area (TPSA) is 107 Å². The lowest BCUT2D eigenvalue weighted by Crippen LogP contribution is -2.40. The minimum Gasteiger partial charge on any atom is -0.477 e. The van der Waals surface area contributed by atoms with E-state index in [4.69, 9.17) is 5.11 Å². The number of nitrogens with one attached hydrogen (secondary N) is 1. The van der Waals surface area contributed by atoms with Crippen molar-refractivity contribution in [1.82, 2.24) is 19.8 Å². The molecule has 0 radical (unpaired) electrons. The Balaban J connectivity index is 2.93. The molecule has 0 atom stereocenters. The van der Waals surface area contributed by atoms with E-state index in [0.29, 0.717) is 0 Å². The minimum absolute atomic E-state index is 0.117. The third kappa shape index (κ3) is 3.30. The molecular weight excluding hydrogens is 252 g/mol. The highest BCUT2D eigenvalue weighted by atomic mass is 16.4. The summed E-state index contributed by atoms with van der Waals surface area (Å²) in [7, 11) is 3.16. The predicted octanol–water partition coefficient (Wildman–Crippen LogP) is -0.342. The van der Waals surface area contributed by atoms with Crippen molar-refractivity contribution in [2.75, 3.05) is 27.2 Å². The number of H-pyrrole nitrogens is 1. The lowest BCUT2D eigenvalue weighted by atomic mass is 10.2. The van der Waals surface area contributed by atoms with Gasteiger partial charge in [-0.1, -0.05) is 0 Å². The van der Waals surface area contributed by atoms with Crippen molar-refractivity contribution in [2.45, 2.75) is 6.92 Å². The van der Waals surface area contributed by atoms with Crippen molar-refractivity contribution in [3.63, 3.8) is 0 Å². The van der Waals surface area contributed by atoms with Gasteiger partial charge in [0.05, 0.1) is 6.33 Å². The zero-order valence-corrected chi connectivity index (χ0v) is 11.0. The van der Waals surface area contributed by atoms with Crippen molar-refractivity contribution in [3.05, 3.63) is 17.7 Å². The number of nitrogens with zero attached hydrogens (tertiary/aromatic N) is 3. The first-order valence-electron chi connectivity index (χ1n) is 5.64. The Hall–Kier alpha value is -2.38. The van der Waals surface area contributed by atoms with Crippen molar-refractivity contribution >= 4 is 17.8 Å². The summed E-state index contributed by atoms with van der Waals surface area (Å²) in [5.74, 6) is -2.10. The number of aromatic carboxylic acids is 1. The predicted molar refractivity (Wildman–Crippen MR) is 65.8 cm³/mol. The SMILES string of the molecule is CCN(CC(=O)N(C)C)C(=O)c1nc[nH]c1C(=O)O. The van der Waals surface area contributed by atoms with Crippen LogP contribution in [0.2, 0.25) is 0 Å². The van der Waals surface area contributed by atoms with Gasteiger partial charge < -0.3 is 19.9 Å². The largest absolute Gasteiger partial charge is 0.477 e. The Kier molecular flexibility index (Phi) is 4.62. The zero-order chi connectivity index (χ0) is 14.6. The molecule has 0 saturated carbocycles. The van der Waals surface area contributed by atoms with Crippen molar-refractivity contribution in [2.24, 2.45) is 0 Å². The number of carboxylic acids is 1. The third-order valence-corrected chi connectivity index (χ3v) is 2.55. The molecule has 0 aliphatic carbocycles. The molecule has 1 aromatic rings. The summed E-state index contributed by atoms with van der Waals surface area (Å²) in [4.78, 5) is 43.3. The lowest BCUT2D eigenvalue weighted by Gasteiger charge is -2.21. The smallest absolute Gasteiger partial charge is 0.354 e. The van der Waals surface area contributed by atoms with E-state index >= 15 is 0 Å². The summed E-state index contributed by atoms with van der Waals surface area (Å²) in [5, 5.41) is 8.91. The number of likely N-dealkylation sites (N-methyl/N-ethyl adjacent to an activating group) is 2. The second kappa shape index (κ2) is 5.98. The fraction of sp³-hybridized carbons (Fsp3) is 0.455. The van der Waals surface area contributed by atoms with E-state index in [1.807, 2.05) is 0 Å². The van der Waals surface area contributed by atoms with E-state index < -0.39 is 11.9 Å². The molecule has 0 aliphatic rings. The van der Waals surface area contributed by atoms with Gasteiger partial charge in [0.2, 0.25) is 5.91 Å². The second-order valence-corrected chi connectivity index (χ2v) is 4.04. The van der Waals surface area contributed by atoms with E-state index in [2.05, 4.69) is 9.97 Å². The summed E-state index contributed by atoms with van der Waals surface area (Å²) in [5.41, 5.74) is -0.471. The summed E-state index contributed by atoms with van der Waals surface area (Å²) < 4.78 is 0. The van der Waals surface area contributed by atoms with E-state index in [1.165, 1.54) is 9.80 Å². The van der Waals surface area contributed by atoms with Gasteiger partial charge >= 0.3 is 5.97 Å². The highest BCUT2D eigenvalue weighted by Gasteiger charge is 2.25. The molecule has 1 aromatic heterocycles. The maximum Gasteiger partial charge on any atom is 0.354 e. The standard InChI is InChI=1S/C11H16N4O4/c1-4-15(5-7(16)14(2)3)10(17)8-9(11(18)19)13-6-12-8/h6H,4-5H2,1-3H3,(H,12,13)(H,18,19). The monoisotopic (exact) mass is 268 g/mol. The highest BCUT2D eigenvalue weighted by Crippen LogP contribution is 2.07. The van der Waals surface area contributed by atoms with Gasteiger partial charge in [-0.05, 0) is 6.92 Å². The molecule has 8 nitrogen and oxygen atoms in total. The number of hydrogen-bond donors (Lipinski definition) is 2. The van der Waals surface area contributed by atoms with E-state index in [9.17, 15) is 14.4 Å². The van der Waals surface area contributed by atoms with E-state index in [1.54, 1.807) is 21.0 Å². The zero-order valence-electron chi connectivity index (χ0n) is 11.0. The number of hydrogen-bond acceptors (Lipinski definition) is 4. The molecule has 0 aromatic carbocycles. The van der Waals surface area contributed by atoms with Gasteiger partial charge in [0, 0.05) is 20.6 Å². The van der Waals surface area contributed by atoms with Crippen LogP contribution in [-0.4, -0.2) is 69.8 Å². The third-order valence-electron chi connectivity index (χ3n) is 2.55. The molecule has 0 saturated heterocycles. The van der Waals surface area contributed by atoms with Crippen molar-refractivity contribution < 1.29 is 19.5 Å². The average Bonchev–Trinajstić information content (AvgIpc) is 2.83. The number of aromatic amines is 1. The number of aromatic nitrogens is 2. The molecule has 2 amide bonds. The van der Waals surface area contributed by atoms with Crippen molar-refractivity contribution in [1.29, 1.82) is 0 Å². The molecule has 0 bridgehead atoms. The molecule has 0 fully saturated rings. The van der Waals surface area contributed by atoms with Crippen LogP contribution in [0.5, 0.6) is 0 Å². The van der Waals surface area contributed by atoms with Crippen LogP contribution in [0.15, 0.2) is 6.33 Å². The first-order valence-corrected chi connectivity index (χ1v) is 5.64. The van der Waals surface area contributed by atoms with Gasteiger partial charge in [-0.15, -0.1) is 0 Å². The molecule has 0 aliphatic heterocycles. The van der Waals surface area contributed by atoms with Crippen LogP contribution in [-0.2, 0) is 4.79 Å². The van der Waals surface area contributed by atoms with Gasteiger partial charge in [-0.3, -0.25) is 9.59 Å². The van der Waals surface area contributed by atoms with Gasteiger partial charge in [0.25, 0.3) is 5.91 Å². The number of amides is 2. The Morgan fingerprint density at radius 2 is 2.00 bits per heavy atom. The van der Waals surface area contributed by atoms with Gasteiger partial charge in [0.15, 0.2) is 11.4 Å². The minimum atomic E-state index is -1.27. The molecule has 8 heteroatoms. The molecule has 0 unspecified atom stereocenters. The Bertz CT molecular complexity index is 495. The number of carbonyl (C=O) groups is 3. The quantitative estimate of drug-likeness (QED) is 0.759. The summed E-state index contributed by atoms with van der Waals surface area (Å²) >= 11 is 0. The first-order chi connectivity index (χ1) is 8.88. The van der Waals surface area contributed by atoms with Crippen LogP contribution < -0.4 is 0 Å². The fourth-order valence-electron chi connectivity index (χ4n) is 1.40. The Morgan fingerprint density at radius 1 is 1.37 bits per heavy atom. The van der Waals surface area contributed by atoms with Gasteiger partial charge in [0.1, 0.15) is 6.54 Å². The fourth-order valence-corrected chi connectivity index (χ4v) is 1.40. The van der Waals surface area contributed by atoms with Crippen LogP contribution in [0, 0.1) is 0 Å². The summed E-state index contributed by atoms with van der Waals surface area (Å²) in [6, 6.07) is 0. The van der Waals surface area contributed by atoms with Crippen LogP contribution in [0.4, 0.5) is 0 Å². The lowest BCUT2D eigenvalue weighted by molar-refractivity contribution is -0.129. The maximum atomic E-state index is 12.1. The Labute approximate surface area is 110 Å². The molecular formula is C11H16N4O4. The van der Waals surface area contributed by atoms with Gasteiger partial charge in [-0.2, -0.15) is 0 Å². The molecule has 1 rings (SSSR count). The van der Waals surface area contributed by atoms with Crippen LogP contribution in [0.3, 0.4) is 0 Å².